The quantitative estimate of drug-likeness (QED) is 0.351. The van der Waals surface area contributed by atoms with Gasteiger partial charge in [0.05, 0.1) is 31.6 Å². The van der Waals surface area contributed by atoms with Gasteiger partial charge in [-0.3, -0.25) is 8.98 Å². The molecule has 0 aromatic heterocycles. The third-order valence-electron chi connectivity index (χ3n) is 3.80. The third kappa shape index (κ3) is 7.03. The van der Waals surface area contributed by atoms with Crippen molar-refractivity contribution in [1.82, 2.24) is 0 Å². The van der Waals surface area contributed by atoms with Crippen LogP contribution >= 0.6 is 0 Å². The van der Waals surface area contributed by atoms with Crippen molar-refractivity contribution in [3.05, 3.63) is 59.7 Å². The molecule has 0 saturated heterocycles. The van der Waals surface area contributed by atoms with Gasteiger partial charge >= 0.3 is 5.97 Å². The van der Waals surface area contributed by atoms with Crippen LogP contribution in [0.4, 0.5) is 0 Å². The largest absolute Gasteiger partial charge is 0.494 e. The normalized spacial score (nSPS) is 11.2. The van der Waals surface area contributed by atoms with Gasteiger partial charge in [-0.1, -0.05) is 24.3 Å². The van der Waals surface area contributed by atoms with Gasteiger partial charge in [0.15, 0.2) is 0 Å². The Morgan fingerprint density at radius 1 is 1.00 bits per heavy atom. The number of methoxy groups -OCH3 is 1. The van der Waals surface area contributed by atoms with Crippen LogP contribution < -0.4 is 4.74 Å². The van der Waals surface area contributed by atoms with Gasteiger partial charge in [-0.15, -0.1) is 0 Å². The molecule has 6 nitrogen and oxygen atoms in total. The molecule has 0 heterocycles. The lowest BCUT2D eigenvalue weighted by Crippen LogP contribution is -2.09. The first-order valence-corrected chi connectivity index (χ1v) is 10.1. The minimum Gasteiger partial charge on any atom is -0.494 e. The summed E-state index contributed by atoms with van der Waals surface area (Å²) in [7, 11) is -2.38. The third-order valence-corrected chi connectivity index (χ3v) is 5.11. The van der Waals surface area contributed by atoms with Gasteiger partial charge in [0.2, 0.25) is 0 Å². The predicted molar refractivity (Wildman–Crippen MR) is 101 cm³/mol. The Morgan fingerprint density at radius 2 is 1.74 bits per heavy atom. The molecule has 0 radical (unpaired) electrons. The molecular weight excluding hydrogens is 368 g/mol. The number of ether oxygens (including phenoxy) is 2. The highest BCUT2D eigenvalue weighted by Crippen LogP contribution is 2.16. The van der Waals surface area contributed by atoms with Crippen molar-refractivity contribution in [3.8, 4) is 5.75 Å². The van der Waals surface area contributed by atoms with Crippen molar-refractivity contribution in [2.75, 3.05) is 20.3 Å². The first kappa shape index (κ1) is 20.9. The second kappa shape index (κ2) is 10.1. The van der Waals surface area contributed by atoms with E-state index in [9.17, 15) is 13.2 Å². The Balaban J connectivity index is 1.72. The number of hydrogen-bond donors (Lipinski definition) is 0. The molecule has 7 heteroatoms. The Kier molecular flexibility index (Phi) is 7.82. The van der Waals surface area contributed by atoms with E-state index < -0.39 is 10.1 Å². The Hall–Kier alpha value is -2.38. The minimum absolute atomic E-state index is 0.0992. The highest BCUT2D eigenvalue weighted by Gasteiger charge is 2.14. The van der Waals surface area contributed by atoms with Crippen LogP contribution in [0.25, 0.3) is 0 Å². The lowest BCUT2D eigenvalue weighted by molar-refractivity contribution is -0.139. The van der Waals surface area contributed by atoms with Gasteiger partial charge in [0.1, 0.15) is 5.75 Å². The number of aryl methyl sites for hydroxylation is 1. The average Bonchev–Trinajstić information content (AvgIpc) is 2.64. The summed E-state index contributed by atoms with van der Waals surface area (Å²) in [4.78, 5) is 11.5. The van der Waals surface area contributed by atoms with Gasteiger partial charge in [0, 0.05) is 0 Å². The maximum atomic E-state index is 12.1. The van der Waals surface area contributed by atoms with E-state index in [0.717, 1.165) is 11.1 Å². The molecule has 2 aromatic rings. The summed E-state index contributed by atoms with van der Waals surface area (Å²) in [5.41, 5.74) is 1.68. The Labute approximate surface area is 160 Å². The molecule has 0 saturated carbocycles. The summed E-state index contributed by atoms with van der Waals surface area (Å²) in [5, 5.41) is 0. The molecule has 0 aliphatic heterocycles. The van der Waals surface area contributed by atoms with E-state index in [-0.39, 0.29) is 23.9 Å². The number of benzene rings is 2. The Morgan fingerprint density at radius 3 is 2.48 bits per heavy atom. The maximum absolute atomic E-state index is 12.1. The van der Waals surface area contributed by atoms with E-state index in [0.29, 0.717) is 25.2 Å². The lowest BCUT2D eigenvalue weighted by atomic mass is 10.1. The van der Waals surface area contributed by atoms with Crippen LogP contribution in [-0.2, 0) is 30.3 Å². The van der Waals surface area contributed by atoms with Crippen LogP contribution in [0.2, 0.25) is 0 Å². The molecule has 0 spiro atoms. The fourth-order valence-electron chi connectivity index (χ4n) is 2.39. The molecule has 0 unspecified atom stereocenters. The van der Waals surface area contributed by atoms with Crippen molar-refractivity contribution < 1.29 is 26.9 Å². The molecule has 0 fully saturated rings. The van der Waals surface area contributed by atoms with Gasteiger partial charge in [0.25, 0.3) is 10.1 Å². The van der Waals surface area contributed by atoms with E-state index >= 15 is 0 Å². The van der Waals surface area contributed by atoms with Gasteiger partial charge in [-0.2, -0.15) is 8.42 Å². The van der Waals surface area contributed by atoms with Crippen LogP contribution in [0.5, 0.6) is 5.75 Å². The standard InChI is InChI=1S/C20H24O6S/c1-16-7-5-10-19(13-16)27(22,23)26-12-4-3-11-25-18-9-6-8-17(14-18)15-20(21)24-2/h5-10,13-14H,3-4,11-12,15H2,1-2H3. The summed E-state index contributed by atoms with van der Waals surface area (Å²) < 4.78 is 39.5. The van der Waals surface area contributed by atoms with Crippen LogP contribution in [0.3, 0.4) is 0 Å². The number of esters is 1. The number of unbranched alkanes of at least 4 members (excludes halogenated alkanes) is 1. The van der Waals surface area contributed by atoms with E-state index in [1.54, 1.807) is 24.3 Å². The van der Waals surface area contributed by atoms with Crippen molar-refractivity contribution in [2.24, 2.45) is 0 Å². The molecular formula is C20H24O6S. The molecule has 0 bridgehead atoms. The van der Waals surface area contributed by atoms with Gasteiger partial charge < -0.3 is 9.47 Å². The summed E-state index contributed by atoms with van der Waals surface area (Å²) in [6, 6.07) is 13.9. The number of carbonyl (C=O) groups excluding carboxylic acids is 1. The molecule has 27 heavy (non-hydrogen) atoms. The monoisotopic (exact) mass is 392 g/mol. The van der Waals surface area contributed by atoms with Crippen molar-refractivity contribution in [1.29, 1.82) is 0 Å². The van der Waals surface area contributed by atoms with Crippen molar-refractivity contribution >= 4 is 16.1 Å². The zero-order chi connectivity index (χ0) is 19.7. The molecule has 0 aliphatic rings. The van der Waals surface area contributed by atoms with E-state index in [1.807, 2.05) is 25.1 Å². The summed E-state index contributed by atoms with van der Waals surface area (Å²) >= 11 is 0. The maximum Gasteiger partial charge on any atom is 0.309 e. The van der Waals surface area contributed by atoms with Crippen molar-refractivity contribution in [2.45, 2.75) is 31.1 Å². The molecule has 146 valence electrons. The number of rotatable bonds is 10. The summed E-state index contributed by atoms with van der Waals surface area (Å²) in [5.74, 6) is 0.351. The van der Waals surface area contributed by atoms with Crippen LogP contribution in [0.15, 0.2) is 53.4 Å². The number of carbonyl (C=O) groups is 1. The van der Waals surface area contributed by atoms with Crippen LogP contribution in [0, 0.1) is 6.92 Å². The fraction of sp³-hybridized carbons (Fsp3) is 0.350. The smallest absolute Gasteiger partial charge is 0.309 e. The van der Waals surface area contributed by atoms with E-state index in [4.69, 9.17) is 8.92 Å². The topological polar surface area (TPSA) is 78.9 Å². The average molecular weight is 392 g/mol. The minimum atomic E-state index is -3.73. The second-order valence-corrected chi connectivity index (χ2v) is 7.66. The highest BCUT2D eigenvalue weighted by atomic mass is 32.2. The second-order valence-electron chi connectivity index (χ2n) is 6.05. The summed E-state index contributed by atoms with van der Waals surface area (Å²) in [6.45, 7) is 2.36. The highest BCUT2D eigenvalue weighted by molar-refractivity contribution is 7.86. The molecule has 2 aromatic carbocycles. The molecule has 0 aliphatic carbocycles. The van der Waals surface area contributed by atoms with Crippen LogP contribution in [-0.4, -0.2) is 34.7 Å². The lowest BCUT2D eigenvalue weighted by Gasteiger charge is -2.09. The zero-order valence-corrected chi connectivity index (χ0v) is 16.3. The van der Waals surface area contributed by atoms with Gasteiger partial charge in [-0.25, -0.2) is 0 Å². The molecule has 0 N–H and O–H groups in total. The first-order chi connectivity index (χ1) is 12.9. The number of hydrogen-bond acceptors (Lipinski definition) is 6. The molecule has 0 amide bonds. The fourth-order valence-corrected chi connectivity index (χ4v) is 3.43. The summed E-state index contributed by atoms with van der Waals surface area (Å²) in [6.07, 6.45) is 1.38. The van der Waals surface area contributed by atoms with Crippen LogP contribution in [0.1, 0.15) is 24.0 Å². The van der Waals surface area contributed by atoms with Gasteiger partial charge in [-0.05, 0) is 55.2 Å². The predicted octanol–water partition coefficient (Wildman–Crippen LogP) is 3.28. The first-order valence-electron chi connectivity index (χ1n) is 8.65. The SMILES string of the molecule is COC(=O)Cc1cccc(OCCCCOS(=O)(=O)c2cccc(C)c2)c1. The zero-order valence-electron chi connectivity index (χ0n) is 15.5. The Bertz CT molecular complexity index is 860. The molecule has 2 rings (SSSR count). The van der Waals surface area contributed by atoms with E-state index in [1.165, 1.54) is 13.2 Å². The molecule has 0 atom stereocenters. The van der Waals surface area contributed by atoms with E-state index in [2.05, 4.69) is 4.74 Å². The van der Waals surface area contributed by atoms with Crippen molar-refractivity contribution in [3.63, 3.8) is 0 Å².